The third kappa shape index (κ3) is 3.93. The van der Waals surface area contributed by atoms with Crippen LogP contribution in [0.1, 0.15) is 30.9 Å². The Morgan fingerprint density at radius 2 is 1.82 bits per heavy atom. The first-order chi connectivity index (χ1) is 13.4. The summed E-state index contributed by atoms with van der Waals surface area (Å²) < 4.78 is 25.9. The van der Waals surface area contributed by atoms with Crippen molar-refractivity contribution < 1.29 is 13.2 Å². The summed E-state index contributed by atoms with van der Waals surface area (Å²) in [6, 6.07) is 18.3. The molecule has 0 spiro atoms. The van der Waals surface area contributed by atoms with Gasteiger partial charge in [-0.05, 0) is 43.5 Å². The molecule has 1 amide bonds. The van der Waals surface area contributed by atoms with Gasteiger partial charge in [-0.3, -0.25) is 4.79 Å². The van der Waals surface area contributed by atoms with Crippen LogP contribution in [-0.2, 0) is 20.2 Å². The van der Waals surface area contributed by atoms with E-state index in [1.165, 1.54) is 4.31 Å². The molecule has 0 radical (unpaired) electrons. The second-order valence-corrected chi connectivity index (χ2v) is 9.15. The molecule has 0 unspecified atom stereocenters. The molecule has 1 fully saturated rings. The minimum atomic E-state index is -3.28. The van der Waals surface area contributed by atoms with E-state index in [2.05, 4.69) is 11.4 Å². The lowest BCUT2D eigenvalue weighted by Crippen LogP contribution is -2.51. The number of anilines is 1. The predicted molar refractivity (Wildman–Crippen MR) is 108 cm³/mol. The quantitative estimate of drug-likeness (QED) is 0.840. The summed E-state index contributed by atoms with van der Waals surface area (Å²) in [5.41, 5.74) is 1.08. The molecule has 0 saturated carbocycles. The molecule has 28 heavy (non-hydrogen) atoms. The normalized spacial score (nSPS) is 16.9. The number of rotatable bonds is 5. The molecular weight excluding hydrogens is 374 g/mol. The number of carbonyl (C=O) groups excluding carboxylic acids is 1. The number of nitrogens with one attached hydrogen (secondary N) is 1. The summed E-state index contributed by atoms with van der Waals surface area (Å²) in [6.07, 6.45) is 0.806. The number of nitriles is 1. The Morgan fingerprint density at radius 1 is 1.14 bits per heavy atom. The molecule has 0 bridgehead atoms. The van der Waals surface area contributed by atoms with E-state index in [1.807, 2.05) is 30.3 Å². The SMILES string of the molecule is CCS(=O)(=O)N1CCC(C(=O)Nc2cccc(C#N)c2)(c2ccccc2)CC1. The Morgan fingerprint density at radius 3 is 2.43 bits per heavy atom. The molecule has 146 valence electrons. The van der Waals surface area contributed by atoms with Crippen LogP contribution in [0.3, 0.4) is 0 Å². The van der Waals surface area contributed by atoms with E-state index in [-0.39, 0.29) is 11.7 Å². The fourth-order valence-corrected chi connectivity index (χ4v) is 4.75. The molecule has 0 aromatic heterocycles. The van der Waals surface area contributed by atoms with Gasteiger partial charge in [-0.1, -0.05) is 36.4 Å². The number of sulfonamides is 1. The topological polar surface area (TPSA) is 90.3 Å². The number of benzene rings is 2. The van der Waals surface area contributed by atoms with E-state index < -0.39 is 15.4 Å². The highest BCUT2D eigenvalue weighted by atomic mass is 32.2. The highest BCUT2D eigenvalue weighted by Crippen LogP contribution is 2.37. The monoisotopic (exact) mass is 397 g/mol. The lowest BCUT2D eigenvalue weighted by Gasteiger charge is -2.40. The van der Waals surface area contributed by atoms with E-state index in [4.69, 9.17) is 5.26 Å². The van der Waals surface area contributed by atoms with Crippen LogP contribution in [0.2, 0.25) is 0 Å². The molecule has 1 saturated heterocycles. The summed E-state index contributed by atoms with van der Waals surface area (Å²) in [6.45, 7) is 2.23. The third-order valence-corrected chi connectivity index (χ3v) is 7.23. The molecule has 1 aliphatic rings. The molecule has 1 N–H and O–H groups in total. The molecule has 1 aliphatic heterocycles. The maximum atomic E-state index is 13.4. The molecule has 3 rings (SSSR count). The second kappa shape index (κ2) is 8.13. The maximum absolute atomic E-state index is 13.4. The number of hydrogen-bond acceptors (Lipinski definition) is 4. The van der Waals surface area contributed by atoms with Crippen molar-refractivity contribution in [1.29, 1.82) is 5.26 Å². The third-order valence-electron chi connectivity index (χ3n) is 5.34. The van der Waals surface area contributed by atoms with Crippen LogP contribution in [0.4, 0.5) is 5.69 Å². The number of carbonyl (C=O) groups is 1. The van der Waals surface area contributed by atoms with E-state index in [0.717, 1.165) is 5.56 Å². The Labute approximate surface area is 165 Å². The van der Waals surface area contributed by atoms with Crippen LogP contribution >= 0.6 is 0 Å². The van der Waals surface area contributed by atoms with Gasteiger partial charge in [-0.2, -0.15) is 5.26 Å². The molecule has 6 nitrogen and oxygen atoms in total. The van der Waals surface area contributed by atoms with E-state index in [9.17, 15) is 13.2 Å². The zero-order valence-electron chi connectivity index (χ0n) is 15.8. The molecule has 1 heterocycles. The van der Waals surface area contributed by atoms with Crippen molar-refractivity contribution in [2.24, 2.45) is 0 Å². The lowest BCUT2D eigenvalue weighted by molar-refractivity contribution is -0.123. The highest BCUT2D eigenvalue weighted by molar-refractivity contribution is 7.89. The number of amides is 1. The van der Waals surface area contributed by atoms with Gasteiger partial charge in [-0.25, -0.2) is 12.7 Å². The predicted octanol–water partition coefficient (Wildman–Crippen LogP) is 2.88. The van der Waals surface area contributed by atoms with Crippen LogP contribution in [0, 0.1) is 11.3 Å². The van der Waals surface area contributed by atoms with Crippen LogP contribution in [-0.4, -0.2) is 37.5 Å². The average Bonchev–Trinajstić information content (AvgIpc) is 2.74. The van der Waals surface area contributed by atoms with Crippen molar-refractivity contribution >= 4 is 21.6 Å². The standard InChI is InChI=1S/C21H23N3O3S/c1-2-28(26,27)24-13-11-21(12-14-24,18-8-4-3-5-9-18)20(25)23-19-10-6-7-17(15-19)16-22/h3-10,15H,2,11-14H2,1H3,(H,23,25). The Bertz CT molecular complexity index is 989. The summed E-state index contributed by atoms with van der Waals surface area (Å²) in [5, 5.41) is 12.0. The molecule has 0 atom stereocenters. The van der Waals surface area contributed by atoms with Crippen molar-refractivity contribution in [3.8, 4) is 6.07 Å². The van der Waals surface area contributed by atoms with Gasteiger partial charge in [0.1, 0.15) is 0 Å². The molecule has 0 aliphatic carbocycles. The summed E-state index contributed by atoms with van der Waals surface area (Å²) >= 11 is 0. The van der Waals surface area contributed by atoms with E-state index >= 15 is 0 Å². The molecule has 2 aromatic rings. The van der Waals surface area contributed by atoms with Gasteiger partial charge in [0.2, 0.25) is 15.9 Å². The van der Waals surface area contributed by atoms with Gasteiger partial charge in [-0.15, -0.1) is 0 Å². The number of nitrogens with zero attached hydrogens (tertiary/aromatic N) is 2. The Balaban J connectivity index is 1.90. The van der Waals surface area contributed by atoms with E-state index in [0.29, 0.717) is 37.2 Å². The minimum absolute atomic E-state index is 0.0541. The summed E-state index contributed by atoms with van der Waals surface area (Å²) in [4.78, 5) is 13.4. The van der Waals surface area contributed by atoms with Gasteiger partial charge in [0.05, 0.1) is 22.8 Å². The lowest BCUT2D eigenvalue weighted by atomic mass is 9.72. The first-order valence-electron chi connectivity index (χ1n) is 9.26. The summed E-state index contributed by atoms with van der Waals surface area (Å²) in [7, 11) is -3.28. The van der Waals surface area contributed by atoms with Crippen molar-refractivity contribution in [3.63, 3.8) is 0 Å². The fourth-order valence-electron chi connectivity index (χ4n) is 3.65. The van der Waals surface area contributed by atoms with Crippen molar-refractivity contribution in [2.75, 3.05) is 24.2 Å². The largest absolute Gasteiger partial charge is 0.325 e. The smallest absolute Gasteiger partial charge is 0.235 e. The van der Waals surface area contributed by atoms with Gasteiger partial charge in [0.15, 0.2) is 0 Å². The molecular formula is C21H23N3O3S. The first kappa shape index (κ1) is 20.1. The van der Waals surface area contributed by atoms with E-state index in [1.54, 1.807) is 31.2 Å². The van der Waals surface area contributed by atoms with Crippen LogP contribution in [0.5, 0.6) is 0 Å². The molecule has 7 heteroatoms. The number of hydrogen-bond donors (Lipinski definition) is 1. The van der Waals surface area contributed by atoms with Gasteiger partial charge < -0.3 is 5.32 Å². The second-order valence-electron chi connectivity index (χ2n) is 6.89. The van der Waals surface area contributed by atoms with Gasteiger partial charge >= 0.3 is 0 Å². The van der Waals surface area contributed by atoms with Crippen molar-refractivity contribution in [2.45, 2.75) is 25.2 Å². The van der Waals surface area contributed by atoms with Crippen molar-refractivity contribution in [1.82, 2.24) is 4.31 Å². The summed E-state index contributed by atoms with van der Waals surface area (Å²) in [5.74, 6) is -0.124. The highest BCUT2D eigenvalue weighted by Gasteiger charge is 2.44. The Hall–Kier alpha value is -2.69. The molecule has 2 aromatic carbocycles. The minimum Gasteiger partial charge on any atom is -0.325 e. The maximum Gasteiger partial charge on any atom is 0.235 e. The zero-order chi connectivity index (χ0) is 20.2. The van der Waals surface area contributed by atoms with Crippen LogP contribution < -0.4 is 5.32 Å². The van der Waals surface area contributed by atoms with Crippen LogP contribution in [0.15, 0.2) is 54.6 Å². The average molecular weight is 398 g/mol. The first-order valence-corrected chi connectivity index (χ1v) is 10.9. The van der Waals surface area contributed by atoms with Crippen LogP contribution in [0.25, 0.3) is 0 Å². The van der Waals surface area contributed by atoms with Gasteiger partial charge in [0, 0.05) is 18.8 Å². The Kier molecular flexibility index (Phi) is 5.82. The van der Waals surface area contributed by atoms with Gasteiger partial charge in [0.25, 0.3) is 0 Å². The zero-order valence-corrected chi connectivity index (χ0v) is 16.6. The number of piperidine rings is 1. The fraction of sp³-hybridized carbons (Fsp3) is 0.333. The van der Waals surface area contributed by atoms with Crippen molar-refractivity contribution in [3.05, 3.63) is 65.7 Å².